The molecule has 1 atom stereocenters. The van der Waals surface area contributed by atoms with Gasteiger partial charge in [0.1, 0.15) is 11.5 Å². The van der Waals surface area contributed by atoms with E-state index in [1.807, 2.05) is 27.7 Å². The van der Waals surface area contributed by atoms with Gasteiger partial charge in [0, 0.05) is 57.6 Å². The van der Waals surface area contributed by atoms with Crippen molar-refractivity contribution in [3.8, 4) is 11.3 Å². The van der Waals surface area contributed by atoms with Crippen molar-refractivity contribution in [2.45, 2.75) is 52.1 Å². The number of nitrogens with one attached hydrogen (secondary N) is 1. The Morgan fingerprint density at radius 1 is 1.31 bits per heavy atom. The molecule has 1 saturated heterocycles. The maximum absolute atomic E-state index is 15.9. The molecule has 158 valence electrons. The number of imidazole rings is 1. The third-order valence-electron chi connectivity index (χ3n) is 5.69. The van der Waals surface area contributed by atoms with Crippen LogP contribution in [-0.2, 0) is 4.74 Å². The average molecular weight is 403 g/mol. The van der Waals surface area contributed by atoms with Crippen LogP contribution in [0.4, 0.5) is 4.39 Å². The van der Waals surface area contributed by atoms with E-state index in [-0.39, 0.29) is 11.3 Å². The Bertz CT molecular complexity index is 852. The van der Waals surface area contributed by atoms with E-state index < -0.39 is 11.6 Å². The molecule has 1 fully saturated rings. The van der Waals surface area contributed by atoms with Gasteiger partial charge in [-0.2, -0.15) is 0 Å². The van der Waals surface area contributed by atoms with Gasteiger partial charge in [0.25, 0.3) is 5.91 Å². The van der Waals surface area contributed by atoms with Gasteiger partial charge >= 0.3 is 0 Å². The highest BCUT2D eigenvalue weighted by Gasteiger charge is 2.48. The largest absolute Gasteiger partial charge is 0.381 e. The number of amides is 1. The Labute approximate surface area is 171 Å². The van der Waals surface area contributed by atoms with E-state index in [1.54, 1.807) is 36.6 Å². The Morgan fingerprint density at radius 3 is 2.62 bits per heavy atom. The van der Waals surface area contributed by atoms with Gasteiger partial charge in [-0.1, -0.05) is 20.8 Å². The predicted molar refractivity (Wildman–Crippen MR) is 111 cm³/mol. The van der Waals surface area contributed by atoms with Crippen molar-refractivity contribution in [3.05, 3.63) is 36.0 Å². The topological polar surface area (TPSA) is 71.1 Å². The molecule has 2 aromatic heterocycles. The van der Waals surface area contributed by atoms with Crippen molar-refractivity contribution >= 4 is 5.91 Å². The minimum absolute atomic E-state index is 0.0842. The molecule has 0 bridgehead atoms. The number of nitrogens with zero attached hydrogens (tertiary/aromatic N) is 3. The molecular weight excluding hydrogens is 371 g/mol. The Balaban J connectivity index is 1.94. The number of H-pyrrole nitrogens is 1. The summed E-state index contributed by atoms with van der Waals surface area (Å²) in [5.74, 6) is 0.148. The number of rotatable bonds is 5. The highest BCUT2D eigenvalue weighted by Crippen LogP contribution is 2.48. The van der Waals surface area contributed by atoms with Crippen molar-refractivity contribution in [2.24, 2.45) is 5.41 Å². The fourth-order valence-corrected chi connectivity index (χ4v) is 4.13. The van der Waals surface area contributed by atoms with Crippen LogP contribution >= 0.6 is 0 Å². The number of ether oxygens (including phenoxy) is 1. The SMILES string of the molecule is CCN(C)C(=O)c1cncc(-c2cnc(C(C(C)(C)C)C3(F)CCOCC3)[nH]2)c1. The lowest BCUT2D eigenvalue weighted by molar-refractivity contribution is -0.0473. The average Bonchev–Trinajstić information content (AvgIpc) is 3.15. The summed E-state index contributed by atoms with van der Waals surface area (Å²) in [5.41, 5.74) is 0.312. The maximum Gasteiger partial charge on any atom is 0.255 e. The predicted octanol–water partition coefficient (Wildman–Crippen LogP) is 4.21. The van der Waals surface area contributed by atoms with Gasteiger partial charge in [0.2, 0.25) is 0 Å². The summed E-state index contributed by atoms with van der Waals surface area (Å²) in [4.78, 5) is 26.2. The van der Waals surface area contributed by atoms with Crippen molar-refractivity contribution in [2.75, 3.05) is 26.8 Å². The molecule has 0 aliphatic carbocycles. The maximum atomic E-state index is 15.9. The molecule has 1 unspecified atom stereocenters. The van der Waals surface area contributed by atoms with Crippen molar-refractivity contribution in [3.63, 3.8) is 0 Å². The van der Waals surface area contributed by atoms with Gasteiger partial charge in [-0.3, -0.25) is 9.78 Å². The van der Waals surface area contributed by atoms with Gasteiger partial charge in [-0.15, -0.1) is 0 Å². The summed E-state index contributed by atoms with van der Waals surface area (Å²) < 4.78 is 21.3. The van der Waals surface area contributed by atoms with Gasteiger partial charge in [0.05, 0.1) is 23.4 Å². The van der Waals surface area contributed by atoms with Crippen LogP contribution in [0, 0.1) is 5.41 Å². The molecule has 1 aliphatic rings. The van der Waals surface area contributed by atoms with Gasteiger partial charge < -0.3 is 14.6 Å². The molecular formula is C22H31FN4O2. The number of aromatic amines is 1. The summed E-state index contributed by atoms with van der Waals surface area (Å²) in [7, 11) is 1.76. The van der Waals surface area contributed by atoms with Crippen LogP contribution in [0.1, 0.15) is 62.6 Å². The molecule has 3 heterocycles. The lowest BCUT2D eigenvalue weighted by atomic mass is 9.68. The summed E-state index contributed by atoms with van der Waals surface area (Å²) in [6.07, 6.45) is 5.67. The van der Waals surface area contributed by atoms with Gasteiger partial charge in [-0.25, -0.2) is 9.37 Å². The summed E-state index contributed by atoms with van der Waals surface area (Å²) in [6.45, 7) is 9.51. The fraction of sp³-hybridized carbons (Fsp3) is 0.591. The molecule has 1 amide bonds. The first-order valence-corrected chi connectivity index (χ1v) is 10.2. The van der Waals surface area contributed by atoms with Crippen LogP contribution in [0.3, 0.4) is 0 Å². The second-order valence-electron chi connectivity index (χ2n) is 8.91. The van der Waals surface area contributed by atoms with Crippen molar-refractivity contribution < 1.29 is 13.9 Å². The lowest BCUT2D eigenvalue weighted by Crippen LogP contribution is -2.44. The van der Waals surface area contributed by atoms with E-state index in [4.69, 9.17) is 4.74 Å². The number of pyridine rings is 1. The number of alkyl halides is 1. The molecule has 0 radical (unpaired) electrons. The number of aromatic nitrogens is 3. The van der Waals surface area contributed by atoms with Crippen LogP contribution in [0.15, 0.2) is 24.7 Å². The van der Waals surface area contributed by atoms with Crippen molar-refractivity contribution in [1.82, 2.24) is 19.9 Å². The summed E-state index contributed by atoms with van der Waals surface area (Å²) in [5, 5.41) is 0. The Kier molecular flexibility index (Phi) is 6.08. The van der Waals surface area contributed by atoms with Crippen LogP contribution in [0.5, 0.6) is 0 Å². The first kappa shape index (κ1) is 21.4. The second-order valence-corrected chi connectivity index (χ2v) is 8.91. The van der Waals surface area contributed by atoms with E-state index in [2.05, 4.69) is 15.0 Å². The molecule has 1 N–H and O–H groups in total. The fourth-order valence-electron chi connectivity index (χ4n) is 4.13. The molecule has 2 aromatic rings. The molecule has 0 aromatic carbocycles. The zero-order valence-electron chi connectivity index (χ0n) is 18.0. The normalized spacial score (nSPS) is 17.7. The van der Waals surface area contributed by atoms with Gasteiger partial charge in [0.15, 0.2) is 0 Å². The van der Waals surface area contributed by atoms with E-state index in [9.17, 15) is 4.79 Å². The third kappa shape index (κ3) is 4.50. The number of hydrogen-bond donors (Lipinski definition) is 1. The standard InChI is InChI=1S/C22H31FN4O2/c1-6-27(5)20(28)16-11-15(12-24-13-16)17-14-25-19(26-17)18(21(2,3)4)22(23)7-9-29-10-8-22/h11-14,18H,6-10H2,1-5H3,(H,25,26). The summed E-state index contributed by atoms with van der Waals surface area (Å²) in [6, 6.07) is 1.80. The van der Waals surface area contributed by atoms with Gasteiger partial charge in [-0.05, 0) is 18.4 Å². The number of hydrogen-bond acceptors (Lipinski definition) is 4. The molecule has 0 saturated carbocycles. The van der Waals surface area contributed by atoms with Crippen LogP contribution in [-0.4, -0.2) is 58.2 Å². The Morgan fingerprint density at radius 2 is 2.00 bits per heavy atom. The van der Waals surface area contributed by atoms with Crippen LogP contribution in [0.2, 0.25) is 0 Å². The lowest BCUT2D eigenvalue weighted by Gasteiger charge is -2.42. The first-order chi connectivity index (χ1) is 13.7. The summed E-state index contributed by atoms with van der Waals surface area (Å²) >= 11 is 0. The van der Waals surface area contributed by atoms with E-state index in [0.717, 1.165) is 11.3 Å². The number of carbonyl (C=O) groups is 1. The van der Waals surface area contributed by atoms with E-state index >= 15 is 4.39 Å². The molecule has 1 aliphatic heterocycles. The number of carbonyl (C=O) groups excluding carboxylic acids is 1. The molecule has 29 heavy (non-hydrogen) atoms. The number of halogens is 1. The smallest absolute Gasteiger partial charge is 0.255 e. The highest BCUT2D eigenvalue weighted by molar-refractivity contribution is 5.94. The van der Waals surface area contributed by atoms with E-state index in [1.165, 1.54) is 0 Å². The van der Waals surface area contributed by atoms with Crippen LogP contribution < -0.4 is 0 Å². The minimum Gasteiger partial charge on any atom is -0.381 e. The minimum atomic E-state index is -1.37. The monoisotopic (exact) mass is 402 g/mol. The molecule has 6 nitrogen and oxygen atoms in total. The van der Waals surface area contributed by atoms with Crippen LogP contribution in [0.25, 0.3) is 11.3 Å². The Hall–Kier alpha value is -2.28. The third-order valence-corrected chi connectivity index (χ3v) is 5.69. The molecule has 7 heteroatoms. The zero-order valence-corrected chi connectivity index (χ0v) is 18.0. The quantitative estimate of drug-likeness (QED) is 0.813. The van der Waals surface area contributed by atoms with E-state index in [0.29, 0.717) is 44.0 Å². The second kappa shape index (κ2) is 8.22. The molecule has 3 rings (SSSR count). The zero-order chi connectivity index (χ0) is 21.2. The first-order valence-electron chi connectivity index (χ1n) is 10.2. The van der Waals surface area contributed by atoms with Crippen molar-refractivity contribution in [1.29, 1.82) is 0 Å². The molecule has 0 spiro atoms. The highest BCUT2D eigenvalue weighted by atomic mass is 19.1.